The molecular formula is C15H18N4O. The predicted molar refractivity (Wildman–Crippen MR) is 75.6 cm³/mol. The number of hydrogen-bond donors (Lipinski definition) is 1. The van der Waals surface area contributed by atoms with Crippen LogP contribution in [0.1, 0.15) is 28.0 Å². The number of nitrogens with one attached hydrogen (secondary N) is 1. The molecule has 104 valence electrons. The van der Waals surface area contributed by atoms with Crippen LogP contribution in [0.15, 0.2) is 30.5 Å². The Hall–Kier alpha value is -2.01. The fourth-order valence-electron chi connectivity index (χ4n) is 2.48. The number of benzene rings is 1. The van der Waals surface area contributed by atoms with E-state index in [2.05, 4.69) is 15.6 Å². The van der Waals surface area contributed by atoms with Crippen LogP contribution in [0.4, 0.5) is 0 Å². The highest BCUT2D eigenvalue weighted by molar-refractivity contribution is 6.07. The first-order valence-electron chi connectivity index (χ1n) is 6.94. The lowest BCUT2D eigenvalue weighted by Crippen LogP contribution is -2.14. The zero-order chi connectivity index (χ0) is 13.9. The Morgan fingerprint density at radius 2 is 2.20 bits per heavy atom. The van der Waals surface area contributed by atoms with Gasteiger partial charge in [-0.05, 0) is 32.4 Å². The third-order valence-corrected chi connectivity index (χ3v) is 3.69. The molecule has 0 aliphatic carbocycles. The molecule has 0 bridgehead atoms. The minimum absolute atomic E-state index is 0.0687. The molecule has 1 aliphatic rings. The van der Waals surface area contributed by atoms with Gasteiger partial charge in [-0.2, -0.15) is 0 Å². The molecule has 0 amide bonds. The largest absolute Gasteiger partial charge is 0.316 e. The van der Waals surface area contributed by atoms with E-state index in [1.807, 2.05) is 31.2 Å². The summed E-state index contributed by atoms with van der Waals surface area (Å²) in [6, 6.07) is 7.53. The lowest BCUT2D eigenvalue weighted by atomic mass is 10.1. The van der Waals surface area contributed by atoms with E-state index in [-0.39, 0.29) is 5.78 Å². The van der Waals surface area contributed by atoms with Crippen LogP contribution in [0.25, 0.3) is 0 Å². The first kappa shape index (κ1) is 13.0. The summed E-state index contributed by atoms with van der Waals surface area (Å²) in [5.41, 5.74) is 2.21. The summed E-state index contributed by atoms with van der Waals surface area (Å²) in [6.07, 6.45) is 2.90. The Morgan fingerprint density at radius 1 is 1.40 bits per heavy atom. The molecule has 1 aromatic heterocycles. The number of hydrogen-bond acceptors (Lipinski definition) is 4. The van der Waals surface area contributed by atoms with Gasteiger partial charge in [-0.3, -0.25) is 9.48 Å². The predicted octanol–water partition coefficient (Wildman–Crippen LogP) is 1.43. The topological polar surface area (TPSA) is 59.8 Å². The molecule has 1 unspecified atom stereocenters. The number of ketones is 1. The number of aromatic nitrogens is 3. The third-order valence-electron chi connectivity index (χ3n) is 3.69. The molecule has 1 aromatic carbocycles. The maximum atomic E-state index is 12.3. The lowest BCUT2D eigenvalue weighted by molar-refractivity contribution is 0.103. The van der Waals surface area contributed by atoms with E-state index < -0.39 is 0 Å². The van der Waals surface area contributed by atoms with E-state index in [0.717, 1.165) is 31.6 Å². The molecule has 1 fully saturated rings. The highest BCUT2D eigenvalue weighted by Crippen LogP contribution is 2.12. The second kappa shape index (κ2) is 5.54. The van der Waals surface area contributed by atoms with Crippen molar-refractivity contribution < 1.29 is 4.79 Å². The molecule has 0 radical (unpaired) electrons. The van der Waals surface area contributed by atoms with Crippen molar-refractivity contribution in [2.45, 2.75) is 19.9 Å². The lowest BCUT2D eigenvalue weighted by Gasteiger charge is -2.06. The maximum absolute atomic E-state index is 12.3. The van der Waals surface area contributed by atoms with E-state index in [0.29, 0.717) is 17.2 Å². The van der Waals surface area contributed by atoms with Crippen LogP contribution < -0.4 is 5.32 Å². The van der Waals surface area contributed by atoms with Gasteiger partial charge in [-0.1, -0.05) is 35.0 Å². The van der Waals surface area contributed by atoms with Crippen LogP contribution in [0.2, 0.25) is 0 Å². The van der Waals surface area contributed by atoms with Crippen LogP contribution in [0.3, 0.4) is 0 Å². The Morgan fingerprint density at radius 3 is 2.90 bits per heavy atom. The van der Waals surface area contributed by atoms with Crippen molar-refractivity contribution in [3.63, 3.8) is 0 Å². The second-order valence-corrected chi connectivity index (χ2v) is 5.38. The van der Waals surface area contributed by atoms with Crippen molar-refractivity contribution in [3.8, 4) is 0 Å². The van der Waals surface area contributed by atoms with E-state index in [1.165, 1.54) is 0 Å². The number of carbonyl (C=O) groups excluding carboxylic acids is 1. The quantitative estimate of drug-likeness (QED) is 0.854. The Kier molecular flexibility index (Phi) is 3.60. The Labute approximate surface area is 118 Å². The standard InChI is InChI=1S/C15H18N4O/c1-11-2-4-13(5-3-11)15(20)14-10-19(18-17-14)9-12-6-7-16-8-12/h2-5,10,12,16H,6-9H2,1H3. The fourth-order valence-corrected chi connectivity index (χ4v) is 2.48. The number of aryl methyl sites for hydroxylation is 1. The van der Waals surface area contributed by atoms with Crippen LogP contribution in [-0.4, -0.2) is 33.9 Å². The third kappa shape index (κ3) is 2.77. The smallest absolute Gasteiger partial charge is 0.214 e. The van der Waals surface area contributed by atoms with Gasteiger partial charge >= 0.3 is 0 Å². The van der Waals surface area contributed by atoms with Crippen LogP contribution in [0, 0.1) is 12.8 Å². The molecule has 1 N–H and O–H groups in total. The second-order valence-electron chi connectivity index (χ2n) is 5.38. The van der Waals surface area contributed by atoms with Gasteiger partial charge < -0.3 is 5.32 Å². The molecule has 1 saturated heterocycles. The van der Waals surface area contributed by atoms with Gasteiger partial charge in [-0.15, -0.1) is 5.10 Å². The SMILES string of the molecule is Cc1ccc(C(=O)c2cn(CC3CCNC3)nn2)cc1. The molecule has 5 heteroatoms. The molecule has 1 aliphatic heterocycles. The summed E-state index contributed by atoms with van der Waals surface area (Å²) < 4.78 is 1.78. The van der Waals surface area contributed by atoms with Gasteiger partial charge in [-0.25, -0.2) is 0 Å². The Bertz CT molecular complexity index is 597. The molecule has 3 rings (SSSR count). The molecule has 20 heavy (non-hydrogen) atoms. The van der Waals surface area contributed by atoms with Gasteiger partial charge in [0.1, 0.15) is 0 Å². The normalized spacial score (nSPS) is 18.4. The summed E-state index contributed by atoms with van der Waals surface area (Å²) in [5, 5.41) is 11.4. The van der Waals surface area contributed by atoms with Crippen molar-refractivity contribution in [2.24, 2.45) is 5.92 Å². The molecule has 1 atom stereocenters. The minimum atomic E-state index is -0.0687. The highest BCUT2D eigenvalue weighted by atomic mass is 16.1. The van der Waals surface area contributed by atoms with Gasteiger partial charge in [0.05, 0.1) is 6.20 Å². The monoisotopic (exact) mass is 270 g/mol. The summed E-state index contributed by atoms with van der Waals surface area (Å²) in [5.74, 6) is 0.514. The van der Waals surface area contributed by atoms with Crippen molar-refractivity contribution in [1.82, 2.24) is 20.3 Å². The number of rotatable bonds is 4. The zero-order valence-corrected chi connectivity index (χ0v) is 11.5. The molecule has 5 nitrogen and oxygen atoms in total. The molecule has 0 spiro atoms. The average molecular weight is 270 g/mol. The van der Waals surface area contributed by atoms with Crippen LogP contribution in [-0.2, 0) is 6.54 Å². The molecule has 0 saturated carbocycles. The van der Waals surface area contributed by atoms with Crippen molar-refractivity contribution >= 4 is 5.78 Å². The van der Waals surface area contributed by atoms with Gasteiger partial charge in [0.2, 0.25) is 5.78 Å². The first-order valence-corrected chi connectivity index (χ1v) is 6.94. The van der Waals surface area contributed by atoms with E-state index in [1.54, 1.807) is 10.9 Å². The van der Waals surface area contributed by atoms with Crippen molar-refractivity contribution in [1.29, 1.82) is 0 Å². The summed E-state index contributed by atoms with van der Waals surface area (Å²) >= 11 is 0. The van der Waals surface area contributed by atoms with Crippen LogP contribution >= 0.6 is 0 Å². The first-order chi connectivity index (χ1) is 9.72. The fraction of sp³-hybridized carbons (Fsp3) is 0.400. The summed E-state index contributed by atoms with van der Waals surface area (Å²) in [7, 11) is 0. The van der Waals surface area contributed by atoms with Gasteiger partial charge in [0.15, 0.2) is 5.69 Å². The average Bonchev–Trinajstić information content (AvgIpc) is 3.11. The number of carbonyl (C=O) groups is 1. The zero-order valence-electron chi connectivity index (χ0n) is 11.5. The highest BCUT2D eigenvalue weighted by Gasteiger charge is 2.17. The summed E-state index contributed by atoms with van der Waals surface area (Å²) in [4.78, 5) is 12.3. The molecule has 2 aromatic rings. The summed E-state index contributed by atoms with van der Waals surface area (Å²) in [6.45, 7) is 4.90. The maximum Gasteiger partial charge on any atom is 0.214 e. The van der Waals surface area contributed by atoms with Crippen LogP contribution in [0.5, 0.6) is 0 Å². The minimum Gasteiger partial charge on any atom is -0.316 e. The van der Waals surface area contributed by atoms with Gasteiger partial charge in [0, 0.05) is 12.1 Å². The van der Waals surface area contributed by atoms with Crippen molar-refractivity contribution in [2.75, 3.05) is 13.1 Å². The molecule has 2 heterocycles. The Balaban J connectivity index is 1.72. The van der Waals surface area contributed by atoms with Gasteiger partial charge in [0.25, 0.3) is 0 Å². The van der Waals surface area contributed by atoms with E-state index in [4.69, 9.17) is 0 Å². The van der Waals surface area contributed by atoms with E-state index >= 15 is 0 Å². The van der Waals surface area contributed by atoms with Crippen molar-refractivity contribution in [3.05, 3.63) is 47.3 Å². The number of nitrogens with zero attached hydrogens (tertiary/aromatic N) is 3. The molecular weight excluding hydrogens is 252 g/mol. The van der Waals surface area contributed by atoms with E-state index in [9.17, 15) is 4.79 Å².